The topological polar surface area (TPSA) is 82.5 Å². The van der Waals surface area contributed by atoms with Crippen LogP contribution < -0.4 is 10.1 Å². The van der Waals surface area contributed by atoms with Crippen LogP contribution in [0.5, 0.6) is 5.75 Å². The van der Waals surface area contributed by atoms with Crippen LogP contribution in [0.1, 0.15) is 67.3 Å². The van der Waals surface area contributed by atoms with Gasteiger partial charge in [0.15, 0.2) is 5.69 Å². The van der Waals surface area contributed by atoms with E-state index < -0.39 is 5.97 Å². The van der Waals surface area contributed by atoms with E-state index in [-0.39, 0.29) is 18.2 Å². The van der Waals surface area contributed by atoms with E-state index in [1.54, 1.807) is 36.9 Å². The number of methoxy groups -OCH3 is 1. The Kier molecular flexibility index (Phi) is 9.47. The Morgan fingerprint density at radius 1 is 1.06 bits per heavy atom. The van der Waals surface area contributed by atoms with Crippen molar-refractivity contribution >= 4 is 11.9 Å². The molecule has 0 aliphatic rings. The van der Waals surface area contributed by atoms with Gasteiger partial charge in [-0.05, 0) is 61.7 Å². The molecular formula is C28H35N3O4. The Balaban J connectivity index is 1.85. The summed E-state index contributed by atoms with van der Waals surface area (Å²) in [5, 5.41) is 7.57. The second-order valence-corrected chi connectivity index (χ2v) is 8.45. The quantitative estimate of drug-likeness (QED) is 0.340. The van der Waals surface area contributed by atoms with Gasteiger partial charge in [-0.25, -0.2) is 9.48 Å². The second kappa shape index (κ2) is 12.7. The van der Waals surface area contributed by atoms with Crippen molar-refractivity contribution in [3.63, 3.8) is 0 Å². The predicted molar refractivity (Wildman–Crippen MR) is 137 cm³/mol. The van der Waals surface area contributed by atoms with Gasteiger partial charge >= 0.3 is 5.97 Å². The zero-order valence-electron chi connectivity index (χ0n) is 21.0. The Bertz CT molecular complexity index is 1120. The van der Waals surface area contributed by atoms with E-state index in [9.17, 15) is 9.59 Å². The number of hydrogen-bond acceptors (Lipinski definition) is 5. The van der Waals surface area contributed by atoms with Gasteiger partial charge in [-0.3, -0.25) is 4.79 Å². The lowest BCUT2D eigenvalue weighted by Crippen LogP contribution is -2.29. The molecule has 0 fully saturated rings. The van der Waals surface area contributed by atoms with Gasteiger partial charge in [-0.2, -0.15) is 5.10 Å². The van der Waals surface area contributed by atoms with Crippen molar-refractivity contribution in [2.45, 2.75) is 46.5 Å². The number of hydrogen-bond donors (Lipinski definition) is 1. The first kappa shape index (κ1) is 26.0. The summed E-state index contributed by atoms with van der Waals surface area (Å²) < 4.78 is 12.2. The molecule has 3 rings (SSSR count). The van der Waals surface area contributed by atoms with E-state index in [4.69, 9.17) is 9.47 Å². The molecule has 0 aliphatic heterocycles. The van der Waals surface area contributed by atoms with Crippen LogP contribution >= 0.6 is 0 Å². The summed E-state index contributed by atoms with van der Waals surface area (Å²) in [6, 6.07) is 16.5. The number of carbonyl (C=O) groups is 2. The fraction of sp³-hybridized carbons (Fsp3) is 0.393. The van der Waals surface area contributed by atoms with Gasteiger partial charge in [0.1, 0.15) is 5.75 Å². The highest BCUT2D eigenvalue weighted by molar-refractivity contribution is 5.94. The molecule has 0 saturated heterocycles. The number of carbonyl (C=O) groups excluding carboxylic acids is 2. The third-order valence-electron chi connectivity index (χ3n) is 6.03. The Hall–Kier alpha value is -3.61. The Labute approximate surface area is 207 Å². The fourth-order valence-electron chi connectivity index (χ4n) is 3.91. The third kappa shape index (κ3) is 6.72. The molecule has 0 spiro atoms. The molecule has 3 aromatic rings. The summed E-state index contributed by atoms with van der Waals surface area (Å²) in [6.45, 7) is 7.05. The normalized spacial score (nSPS) is 11.7. The van der Waals surface area contributed by atoms with Crippen molar-refractivity contribution in [2.24, 2.45) is 5.92 Å². The lowest BCUT2D eigenvalue weighted by molar-refractivity contribution is 0.0518. The van der Waals surface area contributed by atoms with Crippen molar-refractivity contribution < 1.29 is 19.1 Å². The molecule has 0 unspecified atom stereocenters. The van der Waals surface area contributed by atoms with Gasteiger partial charge in [0.05, 0.1) is 25.1 Å². The van der Waals surface area contributed by atoms with Crippen LogP contribution in [0.2, 0.25) is 0 Å². The lowest BCUT2D eigenvalue weighted by atomic mass is 9.99. The minimum absolute atomic E-state index is 0.0906. The van der Waals surface area contributed by atoms with Crippen molar-refractivity contribution in [1.82, 2.24) is 15.1 Å². The molecule has 1 aromatic heterocycles. The molecule has 7 nitrogen and oxygen atoms in total. The highest BCUT2D eigenvalue weighted by Crippen LogP contribution is 2.27. The second-order valence-electron chi connectivity index (χ2n) is 8.45. The standard InChI is InChI=1S/C28H35N3O4/c1-5-8-10-20(6-2)19-29-27(32)21-13-15-23(16-14-21)31-26(18-25(30-31)28(33)35-7-3)22-11-9-12-24(17-22)34-4/h9,11-18,20H,5-8,10,19H2,1-4H3,(H,29,32)/t20-/m1/s1. The van der Waals surface area contributed by atoms with E-state index in [2.05, 4.69) is 24.3 Å². The number of unbranched alkanes of at least 4 members (excludes halogenated alkanes) is 1. The van der Waals surface area contributed by atoms with Gasteiger partial charge < -0.3 is 14.8 Å². The van der Waals surface area contributed by atoms with Crippen LogP contribution in [0.15, 0.2) is 54.6 Å². The largest absolute Gasteiger partial charge is 0.497 e. The summed E-state index contributed by atoms with van der Waals surface area (Å²) in [5.41, 5.74) is 3.08. The zero-order chi connectivity index (χ0) is 25.2. The van der Waals surface area contributed by atoms with Crippen molar-refractivity contribution in [1.29, 1.82) is 0 Å². The summed E-state index contributed by atoms with van der Waals surface area (Å²) in [5.74, 6) is 0.616. The highest BCUT2D eigenvalue weighted by Gasteiger charge is 2.18. The van der Waals surface area contributed by atoms with Crippen molar-refractivity contribution in [2.75, 3.05) is 20.3 Å². The number of rotatable bonds is 12. The highest BCUT2D eigenvalue weighted by atomic mass is 16.5. The molecule has 1 heterocycles. The monoisotopic (exact) mass is 477 g/mol. The molecule has 7 heteroatoms. The molecular weight excluding hydrogens is 442 g/mol. The molecule has 0 aliphatic carbocycles. The van der Waals surface area contributed by atoms with E-state index in [0.717, 1.165) is 30.5 Å². The molecule has 1 atom stereocenters. The smallest absolute Gasteiger partial charge is 0.358 e. The summed E-state index contributed by atoms with van der Waals surface area (Å²) in [4.78, 5) is 25.1. The minimum atomic E-state index is -0.486. The number of ether oxygens (including phenoxy) is 2. The average Bonchev–Trinajstić information content (AvgIpc) is 3.35. The first-order valence-corrected chi connectivity index (χ1v) is 12.3. The lowest BCUT2D eigenvalue weighted by Gasteiger charge is -2.15. The summed E-state index contributed by atoms with van der Waals surface area (Å²) in [6.07, 6.45) is 4.51. The van der Waals surface area contributed by atoms with Crippen molar-refractivity contribution in [3.8, 4) is 22.7 Å². The predicted octanol–water partition coefficient (Wildman–Crippen LogP) is 5.67. The van der Waals surface area contributed by atoms with Crippen molar-refractivity contribution in [3.05, 3.63) is 65.9 Å². The number of nitrogens with zero attached hydrogens (tertiary/aromatic N) is 2. The van der Waals surface area contributed by atoms with Gasteiger partial charge in [-0.15, -0.1) is 0 Å². The number of aromatic nitrogens is 2. The fourth-order valence-corrected chi connectivity index (χ4v) is 3.91. The first-order valence-electron chi connectivity index (χ1n) is 12.3. The van der Waals surface area contributed by atoms with Crippen LogP contribution in [0.25, 0.3) is 16.9 Å². The van der Waals surface area contributed by atoms with Gasteiger partial charge in [-0.1, -0.05) is 45.2 Å². The van der Waals surface area contributed by atoms with Crippen LogP contribution in [0.4, 0.5) is 0 Å². The van der Waals surface area contributed by atoms with E-state index in [1.165, 1.54) is 6.42 Å². The third-order valence-corrected chi connectivity index (χ3v) is 6.03. The maximum Gasteiger partial charge on any atom is 0.358 e. The molecule has 1 amide bonds. The Morgan fingerprint density at radius 2 is 1.83 bits per heavy atom. The maximum atomic E-state index is 12.7. The maximum absolute atomic E-state index is 12.7. The summed E-state index contributed by atoms with van der Waals surface area (Å²) in [7, 11) is 1.61. The van der Waals surface area contributed by atoms with Gasteiger partial charge in [0.25, 0.3) is 5.91 Å². The van der Waals surface area contributed by atoms with Gasteiger partial charge in [0.2, 0.25) is 0 Å². The molecule has 0 radical (unpaired) electrons. The van der Waals surface area contributed by atoms with Gasteiger partial charge in [0, 0.05) is 17.7 Å². The number of esters is 1. The first-order chi connectivity index (χ1) is 17.0. The number of nitrogens with one attached hydrogen (secondary N) is 1. The molecule has 0 bridgehead atoms. The van der Waals surface area contributed by atoms with Crippen LogP contribution in [0.3, 0.4) is 0 Å². The molecule has 1 N–H and O–H groups in total. The SMILES string of the molecule is CCCC[C@@H](CC)CNC(=O)c1ccc(-n2nc(C(=O)OCC)cc2-c2cccc(OC)c2)cc1. The Morgan fingerprint density at radius 3 is 2.49 bits per heavy atom. The molecule has 186 valence electrons. The van der Waals surface area contributed by atoms with E-state index in [0.29, 0.717) is 29.5 Å². The number of benzene rings is 2. The number of amides is 1. The van der Waals surface area contributed by atoms with E-state index in [1.807, 2.05) is 36.4 Å². The zero-order valence-corrected chi connectivity index (χ0v) is 21.0. The average molecular weight is 478 g/mol. The van der Waals surface area contributed by atoms with E-state index >= 15 is 0 Å². The summed E-state index contributed by atoms with van der Waals surface area (Å²) >= 11 is 0. The molecule has 0 saturated carbocycles. The van der Waals surface area contributed by atoms with Crippen LogP contribution in [-0.4, -0.2) is 41.9 Å². The molecule has 2 aromatic carbocycles. The minimum Gasteiger partial charge on any atom is -0.497 e. The van der Waals surface area contributed by atoms with Crippen LogP contribution in [-0.2, 0) is 4.74 Å². The molecule has 35 heavy (non-hydrogen) atoms. The van der Waals surface area contributed by atoms with Crippen LogP contribution in [0, 0.1) is 5.92 Å².